The maximum Gasteiger partial charge on any atom is 0.237 e. The zero-order valence-electron chi connectivity index (χ0n) is 9.36. The van der Waals surface area contributed by atoms with Gasteiger partial charge >= 0.3 is 0 Å². The summed E-state index contributed by atoms with van der Waals surface area (Å²) in [5, 5.41) is 0. The van der Waals surface area contributed by atoms with Crippen molar-refractivity contribution in [3.8, 4) is 0 Å². The van der Waals surface area contributed by atoms with Crippen molar-refractivity contribution >= 4 is 23.2 Å². The second-order valence-electron chi connectivity index (χ2n) is 4.23. The lowest BCUT2D eigenvalue weighted by atomic mass is 10.1. The Kier molecular flexibility index (Phi) is 2.42. The fraction of sp³-hybridized carbons (Fsp3) is 0.333. The van der Waals surface area contributed by atoms with Crippen LogP contribution in [-0.4, -0.2) is 11.8 Å². The molecule has 84 valence electrons. The van der Waals surface area contributed by atoms with Gasteiger partial charge in [-0.3, -0.25) is 9.59 Å². The Morgan fingerprint density at radius 1 is 1.38 bits per heavy atom. The number of amides is 2. The van der Waals surface area contributed by atoms with Crippen molar-refractivity contribution in [1.82, 2.24) is 0 Å². The van der Waals surface area contributed by atoms with Gasteiger partial charge < -0.3 is 5.73 Å². The third-order valence-electron chi connectivity index (χ3n) is 2.80. The van der Waals surface area contributed by atoms with Gasteiger partial charge in [-0.1, -0.05) is 13.0 Å². The predicted octanol–water partition coefficient (Wildman–Crippen LogP) is 1.48. The molecule has 2 amide bonds. The molecule has 1 aliphatic rings. The van der Waals surface area contributed by atoms with Crippen molar-refractivity contribution in [2.45, 2.75) is 20.3 Å². The molecule has 4 heteroatoms. The monoisotopic (exact) mass is 218 g/mol. The number of aryl methyl sites for hydroxylation is 1. The first-order chi connectivity index (χ1) is 7.50. The minimum absolute atomic E-state index is 0.165. The lowest BCUT2D eigenvalue weighted by molar-refractivity contribution is -0.122. The Labute approximate surface area is 94.0 Å². The van der Waals surface area contributed by atoms with Crippen molar-refractivity contribution in [2.24, 2.45) is 5.92 Å². The van der Waals surface area contributed by atoms with E-state index in [1.54, 1.807) is 19.1 Å². The summed E-state index contributed by atoms with van der Waals surface area (Å²) in [5.41, 5.74) is 7.74. The Morgan fingerprint density at radius 2 is 2.06 bits per heavy atom. The van der Waals surface area contributed by atoms with Crippen molar-refractivity contribution in [3.05, 3.63) is 23.8 Å². The molecule has 0 saturated carbocycles. The first kappa shape index (κ1) is 10.7. The van der Waals surface area contributed by atoms with Gasteiger partial charge in [0.2, 0.25) is 11.8 Å². The number of imide groups is 1. The van der Waals surface area contributed by atoms with Crippen molar-refractivity contribution in [2.75, 3.05) is 10.6 Å². The first-order valence-corrected chi connectivity index (χ1v) is 5.23. The summed E-state index contributed by atoms with van der Waals surface area (Å²) in [5.74, 6) is -0.579. The van der Waals surface area contributed by atoms with Crippen LogP contribution in [0.5, 0.6) is 0 Å². The molecule has 1 saturated heterocycles. The van der Waals surface area contributed by atoms with Crippen LogP contribution in [0.25, 0.3) is 0 Å². The van der Waals surface area contributed by atoms with E-state index in [4.69, 9.17) is 5.73 Å². The summed E-state index contributed by atoms with van der Waals surface area (Å²) in [6.45, 7) is 3.66. The molecule has 16 heavy (non-hydrogen) atoms. The molecule has 0 bridgehead atoms. The predicted molar refractivity (Wildman–Crippen MR) is 61.9 cm³/mol. The van der Waals surface area contributed by atoms with E-state index in [9.17, 15) is 9.59 Å². The first-order valence-electron chi connectivity index (χ1n) is 5.23. The Hall–Kier alpha value is -1.84. The van der Waals surface area contributed by atoms with Gasteiger partial charge in [0.1, 0.15) is 0 Å². The summed E-state index contributed by atoms with van der Waals surface area (Å²) >= 11 is 0. The average Bonchev–Trinajstić information content (AvgIpc) is 2.46. The molecule has 4 nitrogen and oxygen atoms in total. The lowest BCUT2D eigenvalue weighted by Crippen LogP contribution is -2.30. The summed E-state index contributed by atoms with van der Waals surface area (Å²) in [4.78, 5) is 24.7. The SMILES string of the molecule is Cc1ccc(N)c(N2C(=O)CC(C)C2=O)c1. The number of carbonyl (C=O) groups is 2. The van der Waals surface area contributed by atoms with Gasteiger partial charge in [0.25, 0.3) is 0 Å². The van der Waals surface area contributed by atoms with Crippen LogP contribution in [-0.2, 0) is 9.59 Å². The zero-order chi connectivity index (χ0) is 11.9. The molecule has 2 rings (SSSR count). The Bertz CT molecular complexity index is 468. The Balaban J connectivity index is 2.48. The number of nitrogens with zero attached hydrogens (tertiary/aromatic N) is 1. The molecule has 0 spiro atoms. The van der Waals surface area contributed by atoms with Gasteiger partial charge in [0.05, 0.1) is 11.4 Å². The third kappa shape index (κ3) is 1.56. The average molecular weight is 218 g/mol. The highest BCUT2D eigenvalue weighted by molar-refractivity contribution is 6.22. The number of hydrogen-bond donors (Lipinski definition) is 1. The normalized spacial score (nSPS) is 20.6. The van der Waals surface area contributed by atoms with Crippen LogP contribution >= 0.6 is 0 Å². The summed E-state index contributed by atoms with van der Waals surface area (Å²) in [6, 6.07) is 5.34. The number of benzene rings is 1. The number of anilines is 2. The topological polar surface area (TPSA) is 63.4 Å². The molecule has 1 atom stereocenters. The van der Waals surface area contributed by atoms with Gasteiger partial charge in [-0.05, 0) is 24.6 Å². The van der Waals surface area contributed by atoms with Gasteiger partial charge in [0.15, 0.2) is 0 Å². The van der Waals surface area contributed by atoms with Crippen LogP contribution in [0.3, 0.4) is 0 Å². The van der Waals surface area contributed by atoms with Crippen LogP contribution in [0.2, 0.25) is 0 Å². The van der Waals surface area contributed by atoms with Crippen LogP contribution in [0.4, 0.5) is 11.4 Å². The van der Waals surface area contributed by atoms with Crippen LogP contribution in [0, 0.1) is 12.8 Å². The second-order valence-corrected chi connectivity index (χ2v) is 4.23. The standard InChI is InChI=1S/C12H14N2O2/c1-7-3-4-9(13)10(5-7)14-11(15)6-8(2)12(14)16/h3-5,8H,6,13H2,1-2H3. The molecule has 1 aliphatic heterocycles. The highest BCUT2D eigenvalue weighted by Crippen LogP contribution is 2.31. The molecule has 1 unspecified atom stereocenters. The van der Waals surface area contributed by atoms with E-state index < -0.39 is 0 Å². The van der Waals surface area contributed by atoms with Crippen molar-refractivity contribution < 1.29 is 9.59 Å². The van der Waals surface area contributed by atoms with E-state index in [0.29, 0.717) is 11.4 Å². The van der Waals surface area contributed by atoms with E-state index in [-0.39, 0.29) is 24.2 Å². The van der Waals surface area contributed by atoms with E-state index in [1.165, 1.54) is 4.90 Å². The molecule has 1 aromatic carbocycles. The van der Waals surface area contributed by atoms with Crippen LogP contribution in [0.1, 0.15) is 18.9 Å². The summed E-state index contributed by atoms with van der Waals surface area (Å²) in [7, 11) is 0. The van der Waals surface area contributed by atoms with Crippen LogP contribution < -0.4 is 10.6 Å². The highest BCUT2D eigenvalue weighted by atomic mass is 16.2. The fourth-order valence-corrected chi connectivity index (χ4v) is 1.88. The van der Waals surface area contributed by atoms with Gasteiger partial charge in [0, 0.05) is 12.3 Å². The van der Waals surface area contributed by atoms with E-state index in [0.717, 1.165) is 5.56 Å². The largest absolute Gasteiger partial charge is 0.397 e. The summed E-state index contributed by atoms with van der Waals surface area (Å²) in [6.07, 6.45) is 0.270. The number of hydrogen-bond acceptors (Lipinski definition) is 3. The van der Waals surface area contributed by atoms with E-state index >= 15 is 0 Å². The molecule has 0 aromatic heterocycles. The highest BCUT2D eigenvalue weighted by Gasteiger charge is 2.37. The molecule has 1 heterocycles. The molecular formula is C12H14N2O2. The molecule has 1 fully saturated rings. The number of nitrogen functional groups attached to an aromatic ring is 1. The Morgan fingerprint density at radius 3 is 2.62 bits per heavy atom. The van der Waals surface area contributed by atoms with Crippen molar-refractivity contribution in [3.63, 3.8) is 0 Å². The van der Waals surface area contributed by atoms with E-state index in [1.807, 2.05) is 13.0 Å². The van der Waals surface area contributed by atoms with Gasteiger partial charge in [-0.15, -0.1) is 0 Å². The van der Waals surface area contributed by atoms with Crippen LogP contribution in [0.15, 0.2) is 18.2 Å². The van der Waals surface area contributed by atoms with Gasteiger partial charge in [-0.2, -0.15) is 0 Å². The van der Waals surface area contributed by atoms with Crippen molar-refractivity contribution in [1.29, 1.82) is 0 Å². The number of rotatable bonds is 1. The number of carbonyl (C=O) groups excluding carboxylic acids is 2. The maximum absolute atomic E-state index is 11.8. The maximum atomic E-state index is 11.8. The zero-order valence-corrected chi connectivity index (χ0v) is 9.36. The van der Waals surface area contributed by atoms with E-state index in [2.05, 4.69) is 0 Å². The molecule has 0 aliphatic carbocycles. The number of nitrogens with two attached hydrogens (primary N) is 1. The second kappa shape index (κ2) is 3.63. The minimum atomic E-state index is -0.243. The molecular weight excluding hydrogens is 204 g/mol. The molecule has 2 N–H and O–H groups in total. The molecule has 0 radical (unpaired) electrons. The quantitative estimate of drug-likeness (QED) is 0.573. The smallest absolute Gasteiger partial charge is 0.237 e. The van der Waals surface area contributed by atoms with Gasteiger partial charge in [-0.25, -0.2) is 4.90 Å². The molecule has 1 aromatic rings. The summed E-state index contributed by atoms with van der Waals surface area (Å²) < 4.78 is 0. The fourth-order valence-electron chi connectivity index (χ4n) is 1.88. The minimum Gasteiger partial charge on any atom is -0.397 e. The lowest BCUT2D eigenvalue weighted by Gasteiger charge is -2.17. The third-order valence-corrected chi connectivity index (χ3v) is 2.80.